The van der Waals surface area contributed by atoms with Gasteiger partial charge in [-0.3, -0.25) is 4.98 Å². The number of hydrogen-bond donors (Lipinski definition) is 1. The molecule has 1 unspecified atom stereocenters. The number of hydrogen-bond acceptors (Lipinski definition) is 4. The van der Waals surface area contributed by atoms with E-state index in [4.69, 9.17) is 0 Å². The molecule has 1 aromatic heterocycles. The topological polar surface area (TPSA) is 67.3 Å². The van der Waals surface area contributed by atoms with Gasteiger partial charge in [0.15, 0.2) is 5.60 Å². The van der Waals surface area contributed by atoms with E-state index in [1.54, 1.807) is 0 Å². The zero-order valence-corrected chi connectivity index (χ0v) is 15.9. The second-order valence-corrected chi connectivity index (χ2v) is 8.52. The first-order chi connectivity index (χ1) is 13.7. The molecule has 0 amide bonds. The third kappa shape index (κ3) is 3.63. The van der Waals surface area contributed by atoms with Crippen LogP contribution in [0, 0.1) is 0 Å². The van der Waals surface area contributed by atoms with Gasteiger partial charge in [0.1, 0.15) is 0 Å². The van der Waals surface area contributed by atoms with Crippen LogP contribution in [0.2, 0.25) is 0 Å². The second-order valence-electron chi connectivity index (χ2n) is 6.61. The summed E-state index contributed by atoms with van der Waals surface area (Å²) >= 11 is 0. The van der Waals surface area contributed by atoms with Crippen molar-refractivity contribution < 1.29 is 39.9 Å². The number of alkyl halides is 6. The molecule has 1 heterocycles. The molecule has 1 N–H and O–H groups in total. The van der Waals surface area contributed by atoms with Gasteiger partial charge in [-0.1, -0.05) is 24.3 Å². The Kier molecular flexibility index (Phi) is 5.10. The average Bonchev–Trinajstić information content (AvgIpc) is 2.65. The Morgan fingerprint density at radius 3 is 2.03 bits per heavy atom. The number of nitrogens with zero attached hydrogens (tertiary/aromatic N) is 1. The van der Waals surface area contributed by atoms with Gasteiger partial charge in [-0.15, -0.1) is 0 Å². The maximum Gasteiger partial charge on any atom is 0.421 e. The number of aromatic nitrogens is 1. The maximum absolute atomic E-state index is 13.2. The first kappa shape index (κ1) is 22.0. The average molecular weight is 449 g/mol. The fourth-order valence-electron chi connectivity index (χ4n) is 2.86. The van der Waals surface area contributed by atoms with Crippen LogP contribution in [-0.4, -0.2) is 24.7 Å². The molecule has 0 saturated heterocycles. The first-order valence-electron chi connectivity index (χ1n) is 8.27. The predicted octanol–water partition coefficient (Wildman–Crippen LogP) is 4.86. The summed E-state index contributed by atoms with van der Waals surface area (Å²) < 4.78 is 104. The van der Waals surface area contributed by atoms with Crippen LogP contribution in [0.1, 0.15) is 18.1 Å². The maximum atomic E-state index is 13.2. The van der Waals surface area contributed by atoms with Crippen molar-refractivity contribution in [2.45, 2.75) is 34.7 Å². The quantitative estimate of drug-likeness (QED) is 0.581. The lowest BCUT2D eigenvalue weighted by Gasteiger charge is -2.26. The van der Waals surface area contributed by atoms with E-state index in [2.05, 4.69) is 4.98 Å². The van der Waals surface area contributed by atoms with Crippen LogP contribution < -0.4 is 0 Å². The second kappa shape index (κ2) is 6.95. The van der Waals surface area contributed by atoms with Gasteiger partial charge in [0, 0.05) is 11.6 Å². The number of halogens is 6. The van der Waals surface area contributed by atoms with Gasteiger partial charge in [0.05, 0.1) is 20.9 Å². The molecule has 0 aliphatic heterocycles. The monoisotopic (exact) mass is 449 g/mol. The summed E-state index contributed by atoms with van der Waals surface area (Å²) in [5.74, 6) is 0. The predicted molar refractivity (Wildman–Crippen MR) is 94.3 cm³/mol. The molecular formula is C19H13F6NO3S. The number of pyridine rings is 1. The van der Waals surface area contributed by atoms with Crippen molar-refractivity contribution in [3.63, 3.8) is 0 Å². The molecule has 0 aliphatic carbocycles. The summed E-state index contributed by atoms with van der Waals surface area (Å²) in [6, 6.07) is 7.27. The van der Waals surface area contributed by atoms with Crippen molar-refractivity contribution in [2.24, 2.45) is 0 Å². The zero-order chi connectivity index (χ0) is 22.5. The summed E-state index contributed by atoms with van der Waals surface area (Å²) in [4.78, 5) is 2.72. The molecule has 30 heavy (non-hydrogen) atoms. The van der Waals surface area contributed by atoms with Crippen LogP contribution in [0.15, 0.2) is 64.5 Å². The van der Waals surface area contributed by atoms with Crippen LogP contribution in [0.25, 0.3) is 10.9 Å². The number of aliphatic hydroxyl groups is 1. The highest BCUT2D eigenvalue weighted by Gasteiger charge is 2.51. The fourth-order valence-corrected chi connectivity index (χ4v) is 4.31. The highest BCUT2D eigenvalue weighted by molar-refractivity contribution is 7.91. The molecule has 0 saturated carbocycles. The third-order valence-electron chi connectivity index (χ3n) is 4.60. The largest absolute Gasteiger partial charge is 0.421 e. The van der Waals surface area contributed by atoms with E-state index in [9.17, 15) is 39.9 Å². The van der Waals surface area contributed by atoms with Gasteiger partial charge < -0.3 is 5.11 Å². The van der Waals surface area contributed by atoms with E-state index in [0.29, 0.717) is 6.92 Å². The lowest BCUT2D eigenvalue weighted by Crippen LogP contribution is -2.39. The van der Waals surface area contributed by atoms with E-state index >= 15 is 0 Å². The van der Waals surface area contributed by atoms with Gasteiger partial charge >= 0.3 is 12.4 Å². The molecule has 1 atom stereocenters. The van der Waals surface area contributed by atoms with E-state index in [1.807, 2.05) is 0 Å². The van der Waals surface area contributed by atoms with Crippen LogP contribution in [0.5, 0.6) is 0 Å². The highest BCUT2D eigenvalue weighted by Crippen LogP contribution is 2.40. The summed E-state index contributed by atoms with van der Waals surface area (Å²) in [7, 11) is -4.40. The van der Waals surface area contributed by atoms with Crippen molar-refractivity contribution >= 4 is 20.7 Å². The number of benzene rings is 2. The van der Waals surface area contributed by atoms with Crippen molar-refractivity contribution in [3.8, 4) is 0 Å². The van der Waals surface area contributed by atoms with Crippen molar-refractivity contribution in [1.82, 2.24) is 4.98 Å². The normalized spacial score (nSPS) is 15.2. The molecule has 2 aromatic carbocycles. The van der Waals surface area contributed by atoms with Crippen molar-refractivity contribution in [1.29, 1.82) is 0 Å². The number of rotatable bonds is 3. The molecule has 0 bridgehead atoms. The van der Waals surface area contributed by atoms with Gasteiger partial charge in [0.2, 0.25) is 9.84 Å². The summed E-state index contributed by atoms with van der Waals surface area (Å²) in [6.45, 7) is 0.519. The smallest absolute Gasteiger partial charge is 0.376 e. The van der Waals surface area contributed by atoms with Gasteiger partial charge in [-0.25, -0.2) is 8.42 Å². The minimum atomic E-state index is -5.00. The SMILES string of the molecule is CC(O)(c1ccc(S(=O)(=O)c2ccnc3c(C(F)(F)F)cccc23)cc1)C(F)(F)F. The molecule has 4 nitrogen and oxygen atoms in total. The Morgan fingerprint density at radius 2 is 1.50 bits per heavy atom. The minimum Gasteiger partial charge on any atom is -0.376 e. The van der Waals surface area contributed by atoms with Crippen LogP contribution in [0.4, 0.5) is 26.3 Å². The van der Waals surface area contributed by atoms with Gasteiger partial charge in [-0.2, -0.15) is 26.3 Å². The van der Waals surface area contributed by atoms with Crippen LogP contribution in [-0.2, 0) is 21.6 Å². The number of sulfone groups is 1. The molecule has 160 valence electrons. The Labute approximate surface area is 166 Å². The Bertz CT molecular complexity index is 1200. The summed E-state index contributed by atoms with van der Waals surface area (Å²) in [6.07, 6.45) is -8.85. The summed E-state index contributed by atoms with van der Waals surface area (Å²) in [5, 5.41) is 9.41. The fraction of sp³-hybridized carbons (Fsp3) is 0.211. The van der Waals surface area contributed by atoms with Crippen LogP contribution in [0.3, 0.4) is 0 Å². The lowest BCUT2D eigenvalue weighted by atomic mass is 9.96. The Morgan fingerprint density at radius 1 is 0.900 bits per heavy atom. The van der Waals surface area contributed by atoms with Gasteiger partial charge in [-0.05, 0) is 36.8 Å². The molecule has 0 radical (unpaired) electrons. The van der Waals surface area contributed by atoms with Crippen molar-refractivity contribution in [3.05, 3.63) is 65.9 Å². The Balaban J connectivity index is 2.14. The van der Waals surface area contributed by atoms with E-state index in [-0.39, 0.29) is 5.39 Å². The van der Waals surface area contributed by atoms with E-state index < -0.39 is 54.2 Å². The number of para-hydroxylation sites is 1. The highest BCUT2D eigenvalue weighted by atomic mass is 32.2. The number of fused-ring (bicyclic) bond motifs is 1. The van der Waals surface area contributed by atoms with E-state index in [0.717, 1.165) is 54.7 Å². The standard InChI is InChI=1S/C19H13F6NO3S/c1-17(27,19(23,24)25)11-5-7-12(8-6-11)30(28,29)15-9-10-26-16-13(15)3-2-4-14(16)18(20,21)22/h2-10,27H,1H3. The molecule has 11 heteroatoms. The minimum absolute atomic E-state index is 0.279. The molecule has 0 fully saturated rings. The molecule has 3 aromatic rings. The van der Waals surface area contributed by atoms with Crippen molar-refractivity contribution in [2.75, 3.05) is 0 Å². The summed E-state index contributed by atoms with van der Waals surface area (Å²) in [5.41, 5.74) is -5.48. The van der Waals surface area contributed by atoms with Crippen LogP contribution >= 0.6 is 0 Å². The van der Waals surface area contributed by atoms with Gasteiger partial charge in [0.25, 0.3) is 0 Å². The Hall–Kier alpha value is -2.66. The molecule has 0 aliphatic rings. The van der Waals surface area contributed by atoms with E-state index in [1.165, 1.54) is 0 Å². The molecule has 3 rings (SSSR count). The lowest BCUT2D eigenvalue weighted by molar-refractivity contribution is -0.258. The molecule has 0 spiro atoms. The first-order valence-corrected chi connectivity index (χ1v) is 9.75. The molecular weight excluding hydrogens is 436 g/mol. The third-order valence-corrected chi connectivity index (χ3v) is 6.43. The zero-order valence-electron chi connectivity index (χ0n) is 15.1.